The number of hydrogen-bond donors (Lipinski definition) is 4. The molecule has 0 unspecified atom stereocenters. The van der Waals surface area contributed by atoms with Gasteiger partial charge in [0.1, 0.15) is 5.70 Å². The van der Waals surface area contributed by atoms with Crippen LogP contribution in [0.2, 0.25) is 10.0 Å². The molecule has 2 aromatic rings. The number of nitrogens with one attached hydrogen (secondary N) is 4. The predicted octanol–water partition coefficient (Wildman–Crippen LogP) is 3.92. The highest BCUT2D eigenvalue weighted by Gasteiger charge is 2.38. The van der Waals surface area contributed by atoms with E-state index in [4.69, 9.17) is 28.6 Å². The number of amides is 1. The van der Waals surface area contributed by atoms with Crippen molar-refractivity contribution in [1.82, 2.24) is 15.4 Å². The van der Waals surface area contributed by atoms with Gasteiger partial charge in [-0.1, -0.05) is 23.2 Å². The Bertz CT molecular complexity index is 1120. The van der Waals surface area contributed by atoms with Crippen LogP contribution >= 0.6 is 23.2 Å². The average molecular weight is 487 g/mol. The van der Waals surface area contributed by atoms with E-state index in [1.54, 1.807) is 6.21 Å². The third-order valence-electron chi connectivity index (χ3n) is 4.07. The number of halogens is 5. The first-order chi connectivity index (χ1) is 15.1. The van der Waals surface area contributed by atoms with Gasteiger partial charge in [0.25, 0.3) is 5.91 Å². The number of aromatic nitrogens is 2. The SMILES string of the molecule is Cc1nccc(N/C(=C(\C=N)C(=O)Nc2cnc(N3N=CCN3)c(Cl)c2)C(F)(F)F)c1Cl. The minimum absolute atomic E-state index is 0.0191. The fourth-order valence-electron chi connectivity index (χ4n) is 2.60. The number of carbonyl (C=O) groups excluding carboxylic acids is 1. The highest BCUT2D eigenvalue weighted by atomic mass is 35.5. The normalized spacial score (nSPS) is 14.2. The third-order valence-corrected chi connectivity index (χ3v) is 4.83. The Morgan fingerprint density at radius 3 is 2.66 bits per heavy atom. The summed E-state index contributed by atoms with van der Waals surface area (Å²) in [5, 5.41) is 17.1. The molecule has 0 spiro atoms. The van der Waals surface area contributed by atoms with Gasteiger partial charge in [-0.05, 0) is 19.1 Å². The van der Waals surface area contributed by atoms with E-state index >= 15 is 0 Å². The molecule has 0 saturated carbocycles. The Hall–Kier alpha value is -3.22. The lowest BCUT2D eigenvalue weighted by molar-refractivity contribution is -0.114. The Labute approximate surface area is 189 Å². The molecule has 1 amide bonds. The first-order valence-electron chi connectivity index (χ1n) is 8.85. The molecule has 3 heterocycles. The van der Waals surface area contributed by atoms with E-state index < -0.39 is 23.4 Å². The second-order valence-corrected chi connectivity index (χ2v) is 7.05. The van der Waals surface area contributed by atoms with E-state index in [1.807, 2.05) is 0 Å². The lowest BCUT2D eigenvalue weighted by Gasteiger charge is -2.19. The number of anilines is 3. The van der Waals surface area contributed by atoms with Gasteiger partial charge in [0.2, 0.25) is 0 Å². The molecule has 0 aliphatic carbocycles. The summed E-state index contributed by atoms with van der Waals surface area (Å²) in [6.45, 7) is 1.98. The van der Waals surface area contributed by atoms with Gasteiger partial charge in [0.05, 0.1) is 45.4 Å². The van der Waals surface area contributed by atoms with Crippen LogP contribution in [-0.4, -0.2) is 41.0 Å². The molecule has 0 atom stereocenters. The largest absolute Gasteiger partial charge is 0.432 e. The van der Waals surface area contributed by atoms with Crippen molar-refractivity contribution in [3.63, 3.8) is 0 Å². The lowest BCUT2D eigenvalue weighted by atomic mass is 10.1. The molecular weight excluding hydrogens is 472 g/mol. The van der Waals surface area contributed by atoms with Crippen molar-refractivity contribution in [2.24, 2.45) is 5.10 Å². The zero-order valence-electron chi connectivity index (χ0n) is 16.3. The van der Waals surface area contributed by atoms with Crippen molar-refractivity contribution in [1.29, 1.82) is 5.41 Å². The van der Waals surface area contributed by atoms with Gasteiger partial charge in [-0.15, -0.1) is 0 Å². The Morgan fingerprint density at radius 1 is 1.31 bits per heavy atom. The summed E-state index contributed by atoms with van der Waals surface area (Å²) in [6.07, 6.45) is -0.670. The van der Waals surface area contributed by atoms with Crippen molar-refractivity contribution >= 4 is 58.7 Å². The number of carbonyl (C=O) groups is 1. The zero-order valence-corrected chi connectivity index (χ0v) is 17.8. The van der Waals surface area contributed by atoms with E-state index in [1.165, 1.54) is 36.6 Å². The Morgan fingerprint density at radius 2 is 2.06 bits per heavy atom. The topological polar surface area (TPSA) is 118 Å². The van der Waals surface area contributed by atoms with Crippen LogP contribution in [0.4, 0.5) is 30.4 Å². The maximum Gasteiger partial charge on any atom is 0.432 e. The maximum absolute atomic E-state index is 13.7. The van der Waals surface area contributed by atoms with Crippen molar-refractivity contribution in [2.75, 3.05) is 22.3 Å². The van der Waals surface area contributed by atoms with Gasteiger partial charge in [-0.25, -0.2) is 10.4 Å². The second-order valence-electron chi connectivity index (χ2n) is 6.27. The van der Waals surface area contributed by atoms with Gasteiger partial charge >= 0.3 is 6.18 Å². The number of alkyl halides is 3. The van der Waals surface area contributed by atoms with Crippen LogP contribution in [0.5, 0.6) is 0 Å². The highest BCUT2D eigenvalue weighted by molar-refractivity contribution is 6.34. The van der Waals surface area contributed by atoms with E-state index in [2.05, 4.69) is 31.1 Å². The molecular formula is C18H15Cl2F3N8O. The Kier molecular flexibility index (Phi) is 6.96. The molecule has 0 fully saturated rings. The van der Waals surface area contributed by atoms with Crippen LogP contribution in [0.15, 0.2) is 40.9 Å². The molecule has 1 aliphatic rings. The number of pyridine rings is 2. The van der Waals surface area contributed by atoms with Gasteiger partial charge < -0.3 is 16.0 Å². The molecule has 9 nitrogen and oxygen atoms in total. The summed E-state index contributed by atoms with van der Waals surface area (Å²) in [4.78, 5) is 20.5. The number of hydrazone groups is 1. The molecule has 3 rings (SSSR count). The van der Waals surface area contributed by atoms with Crippen LogP contribution in [0.3, 0.4) is 0 Å². The first-order valence-corrected chi connectivity index (χ1v) is 9.60. The summed E-state index contributed by atoms with van der Waals surface area (Å²) in [6, 6.07) is 2.51. The standard InChI is InChI=1S/C18H15Cl2F3N8O/c1-9-14(20)13(2-3-25-9)30-15(18(21,22)23)11(7-24)17(32)29-10-6-12(19)16(26-8-10)31-27-4-5-28-31/h2-4,6-8,24,28H,5H2,1H3,(H,25,30)(H,29,32)/b15-11+,24-7?. The fraction of sp³-hybridized carbons (Fsp3) is 0.167. The maximum atomic E-state index is 13.7. The van der Waals surface area contributed by atoms with Gasteiger partial charge in [0, 0.05) is 18.6 Å². The predicted molar refractivity (Wildman–Crippen MR) is 116 cm³/mol. The van der Waals surface area contributed by atoms with Crippen LogP contribution in [0.1, 0.15) is 5.69 Å². The molecule has 0 aromatic carbocycles. The van der Waals surface area contributed by atoms with Crippen LogP contribution in [0, 0.1) is 12.3 Å². The van der Waals surface area contributed by atoms with Crippen LogP contribution < -0.4 is 21.2 Å². The number of aryl methyl sites for hydroxylation is 1. The molecule has 0 radical (unpaired) electrons. The number of rotatable bonds is 6. The summed E-state index contributed by atoms with van der Waals surface area (Å²) in [5.74, 6) is -0.966. The summed E-state index contributed by atoms with van der Waals surface area (Å²) < 4.78 is 41.2. The average Bonchev–Trinajstić information content (AvgIpc) is 3.25. The second kappa shape index (κ2) is 9.51. The highest BCUT2D eigenvalue weighted by Crippen LogP contribution is 2.33. The van der Waals surface area contributed by atoms with Gasteiger partial charge in [-0.2, -0.15) is 23.4 Å². The fourth-order valence-corrected chi connectivity index (χ4v) is 3.00. The first kappa shape index (κ1) is 23.4. The number of hydrogen-bond acceptors (Lipinski definition) is 8. The Balaban J connectivity index is 1.91. The van der Waals surface area contributed by atoms with Gasteiger partial charge in [0.15, 0.2) is 5.82 Å². The molecule has 168 valence electrons. The smallest absolute Gasteiger partial charge is 0.349 e. The minimum Gasteiger partial charge on any atom is -0.349 e. The number of hydrazine groups is 1. The van der Waals surface area contributed by atoms with Crippen molar-refractivity contribution in [3.05, 3.63) is 51.5 Å². The number of nitrogens with zero attached hydrogens (tertiary/aromatic N) is 4. The quantitative estimate of drug-likeness (QED) is 0.363. The van der Waals surface area contributed by atoms with Crippen LogP contribution in [-0.2, 0) is 4.79 Å². The van der Waals surface area contributed by atoms with Crippen molar-refractivity contribution < 1.29 is 18.0 Å². The van der Waals surface area contributed by atoms with Crippen LogP contribution in [0.25, 0.3) is 0 Å². The zero-order chi connectivity index (χ0) is 23.5. The molecule has 1 aliphatic heterocycles. The molecule has 32 heavy (non-hydrogen) atoms. The molecule has 14 heteroatoms. The lowest BCUT2D eigenvalue weighted by Crippen LogP contribution is -2.29. The monoisotopic (exact) mass is 486 g/mol. The molecule has 2 aromatic heterocycles. The van der Waals surface area contributed by atoms with E-state index in [9.17, 15) is 18.0 Å². The minimum atomic E-state index is -5.00. The van der Waals surface area contributed by atoms with E-state index in [0.717, 1.165) is 0 Å². The molecule has 0 bridgehead atoms. The summed E-state index contributed by atoms with van der Waals surface area (Å²) in [5.41, 5.74) is 0.598. The number of allylic oxidation sites excluding steroid dienone is 1. The van der Waals surface area contributed by atoms with Crippen molar-refractivity contribution in [2.45, 2.75) is 13.1 Å². The van der Waals surface area contributed by atoms with Crippen molar-refractivity contribution in [3.8, 4) is 0 Å². The molecule has 0 saturated heterocycles. The van der Waals surface area contributed by atoms with Gasteiger partial charge in [-0.3, -0.25) is 9.78 Å². The summed E-state index contributed by atoms with van der Waals surface area (Å²) in [7, 11) is 0. The van der Waals surface area contributed by atoms with E-state index in [0.29, 0.717) is 12.8 Å². The molecule has 4 N–H and O–H groups in total. The summed E-state index contributed by atoms with van der Waals surface area (Å²) >= 11 is 12.2. The van der Waals surface area contributed by atoms with E-state index in [-0.39, 0.29) is 32.9 Å². The third kappa shape index (κ3) is 5.15.